The van der Waals surface area contributed by atoms with Crippen molar-refractivity contribution in [3.05, 3.63) is 90.0 Å². The van der Waals surface area contributed by atoms with Crippen molar-refractivity contribution in [1.29, 1.82) is 0 Å². The zero-order valence-electron chi connectivity index (χ0n) is 24.8. The highest BCUT2D eigenvalue weighted by Gasteiger charge is 2.32. The minimum absolute atomic E-state index is 0.0269. The first-order valence-corrected chi connectivity index (χ1v) is 15.5. The third kappa shape index (κ3) is 8.78. The van der Waals surface area contributed by atoms with Crippen molar-refractivity contribution in [2.24, 2.45) is 5.92 Å². The molecule has 0 unspecified atom stereocenters. The summed E-state index contributed by atoms with van der Waals surface area (Å²) in [6.45, 7) is 3.62. The average molecular weight is 624 g/mol. The number of carbonyl (C=O) groups excluding carboxylic acids is 2. The van der Waals surface area contributed by atoms with Crippen LogP contribution in [0.4, 0.5) is 15.5 Å². The molecular weight excluding hydrogens is 586 g/mol. The number of aromatic amines is 1. The molecule has 0 aliphatic rings. The fourth-order valence-corrected chi connectivity index (χ4v) is 6.23. The lowest BCUT2D eigenvalue weighted by Crippen LogP contribution is -2.51. The number of aromatic nitrogens is 2. The molecule has 1 heterocycles. The smallest absolute Gasteiger partial charge is 0.413 e. The predicted octanol–water partition coefficient (Wildman–Crippen LogP) is 4.29. The number of amides is 2. The lowest BCUT2D eigenvalue weighted by atomic mass is 10.0. The van der Waals surface area contributed by atoms with E-state index in [1.807, 2.05) is 74.5 Å². The van der Waals surface area contributed by atoms with Crippen LogP contribution in [-0.2, 0) is 32.5 Å². The second-order valence-corrected chi connectivity index (χ2v) is 12.6. The number of nitrogens with zero attached hydrogens (tertiary/aromatic N) is 2. The van der Waals surface area contributed by atoms with Crippen LogP contribution in [-0.4, -0.2) is 72.3 Å². The molecule has 0 aliphatic carbocycles. The number of aliphatic hydroxyl groups is 1. The molecule has 1 aromatic heterocycles. The van der Waals surface area contributed by atoms with E-state index in [9.17, 15) is 23.1 Å². The highest BCUT2D eigenvalue weighted by Crippen LogP contribution is 2.24. The number of fused-ring (bicyclic) bond motifs is 1. The van der Waals surface area contributed by atoms with Crippen LogP contribution in [0.5, 0.6) is 0 Å². The number of nitrogens with one attached hydrogen (secondary N) is 3. The Balaban J connectivity index is 1.55. The van der Waals surface area contributed by atoms with E-state index in [1.54, 1.807) is 0 Å². The van der Waals surface area contributed by atoms with Gasteiger partial charge in [-0.3, -0.25) is 5.32 Å². The highest BCUT2D eigenvalue weighted by molar-refractivity contribution is 7.89. The summed E-state index contributed by atoms with van der Waals surface area (Å²) in [5.74, 6) is 0.0323. The minimum atomic E-state index is -4.11. The molecule has 0 aliphatic heterocycles. The predicted molar refractivity (Wildman–Crippen MR) is 165 cm³/mol. The zero-order valence-corrected chi connectivity index (χ0v) is 25.6. The lowest BCUT2D eigenvalue weighted by Gasteiger charge is -2.30. The number of hydrogen-bond acceptors (Lipinski definition) is 8. The van der Waals surface area contributed by atoms with E-state index < -0.39 is 34.4 Å². The fraction of sp³-hybridized carbons (Fsp3) is 0.323. The fourth-order valence-electron chi connectivity index (χ4n) is 4.59. The van der Waals surface area contributed by atoms with E-state index in [2.05, 4.69) is 25.3 Å². The van der Waals surface area contributed by atoms with Gasteiger partial charge < -0.3 is 24.9 Å². The Kier molecular flexibility index (Phi) is 10.9. The Morgan fingerprint density at radius 2 is 1.61 bits per heavy atom. The molecular formula is C31H37N5O7S. The third-order valence-corrected chi connectivity index (χ3v) is 8.56. The topological polar surface area (TPSA) is 163 Å². The number of sulfonamides is 1. The number of rotatable bonds is 13. The molecule has 234 valence electrons. The van der Waals surface area contributed by atoms with Crippen LogP contribution in [0, 0.1) is 5.92 Å². The van der Waals surface area contributed by atoms with Gasteiger partial charge >= 0.3 is 12.2 Å². The van der Waals surface area contributed by atoms with Crippen molar-refractivity contribution in [2.75, 3.05) is 25.5 Å². The van der Waals surface area contributed by atoms with Gasteiger partial charge in [-0.2, -0.15) is 4.31 Å². The second-order valence-electron chi connectivity index (χ2n) is 10.7. The van der Waals surface area contributed by atoms with Gasteiger partial charge in [-0.05, 0) is 41.7 Å². The van der Waals surface area contributed by atoms with Crippen LogP contribution in [0.15, 0.2) is 83.8 Å². The van der Waals surface area contributed by atoms with Crippen LogP contribution >= 0.6 is 0 Å². The van der Waals surface area contributed by atoms with Crippen molar-refractivity contribution in [2.45, 2.75) is 43.9 Å². The van der Waals surface area contributed by atoms with Crippen LogP contribution in [0.2, 0.25) is 0 Å². The number of H-pyrrole nitrogens is 1. The molecule has 4 N–H and O–H groups in total. The van der Waals surface area contributed by atoms with Gasteiger partial charge in [-0.25, -0.2) is 23.0 Å². The molecule has 0 saturated heterocycles. The molecule has 0 fully saturated rings. The molecule has 4 aromatic rings. The van der Waals surface area contributed by atoms with E-state index in [0.717, 1.165) is 11.1 Å². The summed E-state index contributed by atoms with van der Waals surface area (Å²) < 4.78 is 39.0. The minimum Gasteiger partial charge on any atom is -0.453 e. The van der Waals surface area contributed by atoms with Gasteiger partial charge in [0.15, 0.2) is 0 Å². The first-order valence-electron chi connectivity index (χ1n) is 14.1. The zero-order chi connectivity index (χ0) is 31.7. The lowest BCUT2D eigenvalue weighted by molar-refractivity contribution is 0.0873. The molecule has 0 spiro atoms. The Hall–Kier alpha value is -4.46. The van der Waals surface area contributed by atoms with Crippen molar-refractivity contribution >= 4 is 39.2 Å². The largest absolute Gasteiger partial charge is 0.453 e. The summed E-state index contributed by atoms with van der Waals surface area (Å²) in [5, 5.41) is 16.6. The SMILES string of the molecule is COC(=O)Nc1nc2ccc(S(=O)(=O)N(CC(C)C)C[C@@H](O)[C@H](Cc3ccccc3)NC(=O)OCc3ccccc3)cc2[nH]1. The summed E-state index contributed by atoms with van der Waals surface area (Å²) in [6, 6.07) is 22.0. The first kappa shape index (κ1) is 32.5. The van der Waals surface area contributed by atoms with Crippen molar-refractivity contribution in [3.8, 4) is 0 Å². The van der Waals surface area contributed by atoms with Crippen molar-refractivity contribution in [1.82, 2.24) is 19.6 Å². The molecule has 0 bridgehead atoms. The van der Waals surface area contributed by atoms with Crippen molar-refractivity contribution < 1.29 is 32.6 Å². The van der Waals surface area contributed by atoms with Crippen LogP contribution in [0.25, 0.3) is 11.0 Å². The second kappa shape index (κ2) is 14.8. The van der Waals surface area contributed by atoms with E-state index in [4.69, 9.17) is 4.74 Å². The van der Waals surface area contributed by atoms with E-state index in [0.29, 0.717) is 11.0 Å². The number of anilines is 1. The van der Waals surface area contributed by atoms with Gasteiger partial charge in [0.25, 0.3) is 0 Å². The van der Waals surface area contributed by atoms with Gasteiger partial charge in [0.1, 0.15) is 6.61 Å². The Bertz CT molecular complexity index is 1650. The normalized spacial score (nSPS) is 13.0. The van der Waals surface area contributed by atoms with Gasteiger partial charge in [0, 0.05) is 13.1 Å². The number of imidazole rings is 1. The van der Waals surface area contributed by atoms with E-state index >= 15 is 0 Å². The molecule has 2 atom stereocenters. The summed E-state index contributed by atoms with van der Waals surface area (Å²) in [4.78, 5) is 31.4. The highest BCUT2D eigenvalue weighted by atomic mass is 32.2. The summed E-state index contributed by atoms with van der Waals surface area (Å²) >= 11 is 0. The molecule has 3 aromatic carbocycles. The molecule has 12 nitrogen and oxygen atoms in total. The van der Waals surface area contributed by atoms with E-state index in [-0.39, 0.29) is 42.9 Å². The number of methoxy groups -OCH3 is 1. The Morgan fingerprint density at radius 3 is 2.25 bits per heavy atom. The Morgan fingerprint density at radius 1 is 0.955 bits per heavy atom. The van der Waals surface area contributed by atoms with Crippen LogP contribution in [0.1, 0.15) is 25.0 Å². The number of ether oxygens (including phenoxy) is 2. The van der Waals surface area contributed by atoms with E-state index in [1.165, 1.54) is 29.6 Å². The number of hydrogen-bond donors (Lipinski definition) is 4. The van der Waals surface area contributed by atoms with Gasteiger partial charge in [0.2, 0.25) is 16.0 Å². The van der Waals surface area contributed by atoms with Crippen LogP contribution < -0.4 is 10.6 Å². The first-order chi connectivity index (χ1) is 21.0. The van der Waals surface area contributed by atoms with Gasteiger partial charge in [0.05, 0.1) is 35.2 Å². The maximum absolute atomic E-state index is 13.9. The molecule has 4 rings (SSSR count). The number of benzene rings is 3. The number of aliphatic hydroxyl groups excluding tert-OH is 1. The Labute approximate surface area is 256 Å². The molecule has 2 amide bonds. The summed E-state index contributed by atoms with van der Waals surface area (Å²) in [5.41, 5.74) is 2.47. The maximum Gasteiger partial charge on any atom is 0.413 e. The van der Waals surface area contributed by atoms with Crippen LogP contribution in [0.3, 0.4) is 0 Å². The van der Waals surface area contributed by atoms with Gasteiger partial charge in [-0.1, -0.05) is 74.5 Å². The molecule has 44 heavy (non-hydrogen) atoms. The third-order valence-electron chi connectivity index (χ3n) is 6.74. The summed E-state index contributed by atoms with van der Waals surface area (Å²) in [7, 11) is -2.90. The van der Waals surface area contributed by atoms with Gasteiger partial charge in [-0.15, -0.1) is 0 Å². The molecule has 0 radical (unpaired) electrons. The average Bonchev–Trinajstić information content (AvgIpc) is 3.41. The number of alkyl carbamates (subject to hydrolysis) is 1. The summed E-state index contributed by atoms with van der Waals surface area (Å²) in [6.07, 6.45) is -2.49. The maximum atomic E-state index is 13.9. The molecule has 13 heteroatoms. The number of carbonyl (C=O) groups is 2. The standard InChI is InChI=1S/C31H37N5O7S/c1-21(2)18-36(44(40,41)24-14-15-25-26(17-24)33-29(32-25)35-30(38)42-3)19-28(37)27(16-22-10-6-4-7-11-22)34-31(39)43-20-23-12-8-5-9-13-23/h4-15,17,21,27-28,37H,16,18-20H2,1-3H3,(H,34,39)(H2,32,33,35,38)/t27-,28+/m0/s1. The quantitative estimate of drug-likeness (QED) is 0.171. The monoisotopic (exact) mass is 623 g/mol. The van der Waals surface area contributed by atoms with Crippen molar-refractivity contribution in [3.63, 3.8) is 0 Å². The molecule has 0 saturated carbocycles.